The van der Waals surface area contributed by atoms with Crippen LogP contribution < -0.4 is 0 Å². The van der Waals surface area contributed by atoms with Crippen molar-refractivity contribution in [3.63, 3.8) is 0 Å². The highest BCUT2D eigenvalue weighted by atomic mass is 79.9. The third-order valence-corrected chi connectivity index (χ3v) is 3.15. The lowest BCUT2D eigenvalue weighted by atomic mass is 10.1. The van der Waals surface area contributed by atoms with Crippen LogP contribution in [-0.4, -0.2) is 5.78 Å². The third-order valence-electron chi connectivity index (χ3n) is 1.53. The van der Waals surface area contributed by atoms with Gasteiger partial charge in [0, 0.05) is 17.7 Å². The van der Waals surface area contributed by atoms with E-state index in [1.54, 1.807) is 11.3 Å². The molecule has 1 aromatic heterocycles. The predicted molar refractivity (Wildman–Crippen MR) is 55.6 cm³/mol. The van der Waals surface area contributed by atoms with E-state index >= 15 is 0 Å². The molecule has 0 fully saturated rings. The summed E-state index contributed by atoms with van der Waals surface area (Å²) >= 11 is 5.01. The molecule has 0 atom stereocenters. The molecule has 1 heterocycles. The molecule has 0 unspecified atom stereocenters. The third kappa shape index (κ3) is 3.07. The molecule has 0 saturated carbocycles. The molecule has 0 aliphatic heterocycles. The minimum absolute atomic E-state index is 0.340. The molecular formula is C9H11BrOS. The Bertz CT molecular complexity index is 267. The fourth-order valence-electron chi connectivity index (χ4n) is 1.01. The van der Waals surface area contributed by atoms with Gasteiger partial charge in [-0.15, -0.1) is 11.3 Å². The maximum absolute atomic E-state index is 11.2. The van der Waals surface area contributed by atoms with Crippen molar-refractivity contribution in [3.8, 4) is 0 Å². The van der Waals surface area contributed by atoms with Gasteiger partial charge < -0.3 is 0 Å². The van der Waals surface area contributed by atoms with Gasteiger partial charge in [-0.1, -0.05) is 6.92 Å². The maximum Gasteiger partial charge on any atom is 0.138 e. The number of ketones is 1. The van der Waals surface area contributed by atoms with Crippen LogP contribution in [-0.2, 0) is 11.2 Å². The van der Waals surface area contributed by atoms with Crippen molar-refractivity contribution in [2.75, 3.05) is 0 Å². The summed E-state index contributed by atoms with van der Waals surface area (Å²) in [5, 5.41) is 0. The highest BCUT2D eigenvalue weighted by Gasteiger charge is 2.03. The maximum atomic E-state index is 11.2. The van der Waals surface area contributed by atoms with E-state index in [9.17, 15) is 4.79 Å². The molecule has 0 aliphatic rings. The lowest BCUT2D eigenvalue weighted by molar-refractivity contribution is -0.118. The molecule has 3 heteroatoms. The van der Waals surface area contributed by atoms with Crippen molar-refractivity contribution in [2.24, 2.45) is 0 Å². The van der Waals surface area contributed by atoms with Gasteiger partial charge in [-0.3, -0.25) is 4.79 Å². The number of rotatable bonds is 4. The van der Waals surface area contributed by atoms with E-state index in [1.165, 1.54) is 0 Å². The number of halogens is 1. The Kier molecular flexibility index (Phi) is 3.95. The van der Waals surface area contributed by atoms with Gasteiger partial charge in [0.2, 0.25) is 0 Å². The first-order valence-corrected chi connectivity index (χ1v) is 5.59. The van der Waals surface area contributed by atoms with Crippen LogP contribution in [0, 0.1) is 0 Å². The van der Waals surface area contributed by atoms with Crippen LogP contribution in [0.25, 0.3) is 0 Å². The summed E-state index contributed by atoms with van der Waals surface area (Å²) in [6, 6.07) is 3.99. The zero-order valence-electron chi connectivity index (χ0n) is 6.97. The molecule has 0 bridgehead atoms. The van der Waals surface area contributed by atoms with Gasteiger partial charge in [-0.2, -0.15) is 0 Å². The molecule has 1 rings (SSSR count). The highest BCUT2D eigenvalue weighted by Crippen LogP contribution is 2.22. The Morgan fingerprint density at radius 2 is 2.33 bits per heavy atom. The standard InChI is InChI=1S/C9H11BrOS/c1-2-3-7(11)6-8-4-5-9(10)12-8/h4-5H,2-3,6H2,1H3. The van der Waals surface area contributed by atoms with Crippen LogP contribution >= 0.6 is 27.3 Å². The molecule has 0 aromatic carbocycles. The molecule has 0 amide bonds. The van der Waals surface area contributed by atoms with Gasteiger partial charge in [-0.25, -0.2) is 0 Å². The summed E-state index contributed by atoms with van der Waals surface area (Å²) in [5.41, 5.74) is 0. The van der Waals surface area contributed by atoms with Gasteiger partial charge in [0.25, 0.3) is 0 Å². The quantitative estimate of drug-likeness (QED) is 0.796. The molecule has 66 valence electrons. The van der Waals surface area contributed by atoms with Gasteiger partial charge in [-0.05, 0) is 34.5 Å². The molecule has 12 heavy (non-hydrogen) atoms. The average Bonchev–Trinajstić information content (AvgIpc) is 2.36. The Hall–Kier alpha value is -0.150. The van der Waals surface area contributed by atoms with E-state index in [2.05, 4.69) is 15.9 Å². The Balaban J connectivity index is 2.46. The minimum atomic E-state index is 0.340. The van der Waals surface area contributed by atoms with E-state index < -0.39 is 0 Å². The Labute approximate surface area is 84.9 Å². The number of thiophene rings is 1. The molecule has 0 N–H and O–H groups in total. The molecule has 0 radical (unpaired) electrons. The van der Waals surface area contributed by atoms with E-state index in [0.29, 0.717) is 18.6 Å². The molecule has 0 aliphatic carbocycles. The molecule has 1 aromatic rings. The molecule has 0 saturated heterocycles. The second-order valence-electron chi connectivity index (χ2n) is 2.67. The lowest BCUT2D eigenvalue weighted by Gasteiger charge is -1.94. The van der Waals surface area contributed by atoms with Crippen LogP contribution in [0.4, 0.5) is 0 Å². The van der Waals surface area contributed by atoms with Crippen molar-refractivity contribution >= 4 is 33.0 Å². The number of hydrogen-bond donors (Lipinski definition) is 0. The highest BCUT2D eigenvalue weighted by molar-refractivity contribution is 9.11. The minimum Gasteiger partial charge on any atom is -0.299 e. The second kappa shape index (κ2) is 4.77. The van der Waals surface area contributed by atoms with Crippen molar-refractivity contribution in [1.29, 1.82) is 0 Å². The summed E-state index contributed by atoms with van der Waals surface area (Å²) in [6.07, 6.45) is 2.25. The molecule has 1 nitrogen and oxygen atoms in total. The van der Waals surface area contributed by atoms with Gasteiger partial charge in [0.15, 0.2) is 0 Å². The van der Waals surface area contributed by atoms with E-state index in [-0.39, 0.29) is 0 Å². The van der Waals surface area contributed by atoms with Crippen molar-refractivity contribution in [2.45, 2.75) is 26.2 Å². The molecular weight excluding hydrogens is 236 g/mol. The number of carbonyl (C=O) groups is 1. The van der Waals surface area contributed by atoms with E-state index in [4.69, 9.17) is 0 Å². The average molecular weight is 247 g/mol. The van der Waals surface area contributed by atoms with Crippen LogP contribution in [0.15, 0.2) is 15.9 Å². The Morgan fingerprint density at radius 3 is 2.83 bits per heavy atom. The first kappa shape index (κ1) is 9.93. The zero-order valence-corrected chi connectivity index (χ0v) is 9.37. The predicted octanol–water partition coefficient (Wildman–Crippen LogP) is 3.42. The first-order chi connectivity index (χ1) is 5.72. The number of hydrogen-bond acceptors (Lipinski definition) is 2. The normalized spacial score (nSPS) is 10.2. The lowest BCUT2D eigenvalue weighted by Crippen LogP contribution is -1.99. The van der Waals surface area contributed by atoms with E-state index in [1.807, 2.05) is 19.1 Å². The monoisotopic (exact) mass is 246 g/mol. The summed E-state index contributed by atoms with van der Waals surface area (Å²) in [4.78, 5) is 12.4. The SMILES string of the molecule is CCCC(=O)Cc1ccc(Br)s1. The van der Waals surface area contributed by atoms with Gasteiger partial charge in [0.05, 0.1) is 3.79 Å². The van der Waals surface area contributed by atoms with Crippen molar-refractivity contribution in [1.82, 2.24) is 0 Å². The Morgan fingerprint density at radius 1 is 1.58 bits per heavy atom. The summed E-state index contributed by atoms with van der Waals surface area (Å²) in [6.45, 7) is 2.03. The van der Waals surface area contributed by atoms with Crippen LogP contribution in [0.1, 0.15) is 24.6 Å². The summed E-state index contributed by atoms with van der Waals surface area (Å²) in [5.74, 6) is 0.340. The first-order valence-electron chi connectivity index (χ1n) is 3.98. The van der Waals surface area contributed by atoms with Gasteiger partial charge >= 0.3 is 0 Å². The largest absolute Gasteiger partial charge is 0.299 e. The van der Waals surface area contributed by atoms with Crippen molar-refractivity contribution in [3.05, 3.63) is 20.8 Å². The van der Waals surface area contributed by atoms with Crippen LogP contribution in [0.3, 0.4) is 0 Å². The van der Waals surface area contributed by atoms with Crippen molar-refractivity contribution < 1.29 is 4.79 Å². The smallest absolute Gasteiger partial charge is 0.138 e. The second-order valence-corrected chi connectivity index (χ2v) is 5.22. The fourth-order valence-corrected chi connectivity index (χ4v) is 2.52. The van der Waals surface area contributed by atoms with E-state index in [0.717, 1.165) is 15.1 Å². The van der Waals surface area contributed by atoms with Gasteiger partial charge in [0.1, 0.15) is 5.78 Å². The van der Waals surface area contributed by atoms with Crippen LogP contribution in [0.2, 0.25) is 0 Å². The van der Waals surface area contributed by atoms with Crippen LogP contribution in [0.5, 0.6) is 0 Å². The summed E-state index contributed by atoms with van der Waals surface area (Å²) < 4.78 is 1.10. The number of carbonyl (C=O) groups excluding carboxylic acids is 1. The molecule has 0 spiro atoms. The topological polar surface area (TPSA) is 17.1 Å². The summed E-state index contributed by atoms with van der Waals surface area (Å²) in [7, 11) is 0. The fraction of sp³-hybridized carbons (Fsp3) is 0.444. The number of Topliss-reactive ketones (excluding diaryl/α,β-unsaturated/α-hetero) is 1. The zero-order chi connectivity index (χ0) is 8.97.